The van der Waals surface area contributed by atoms with Gasteiger partial charge in [0.15, 0.2) is 0 Å². The van der Waals surface area contributed by atoms with Gasteiger partial charge in [0.2, 0.25) is 11.8 Å². The largest absolute Gasteiger partial charge is 0.334 e. The van der Waals surface area contributed by atoms with Crippen molar-refractivity contribution in [3.63, 3.8) is 0 Å². The molecule has 1 N–H and O–H groups in total. The average molecular weight is 338 g/mol. The summed E-state index contributed by atoms with van der Waals surface area (Å²) in [6.45, 7) is 6.14. The van der Waals surface area contributed by atoms with E-state index in [9.17, 15) is 9.59 Å². The molecule has 0 saturated carbocycles. The average Bonchev–Trinajstić information content (AvgIpc) is 2.57. The zero-order chi connectivity index (χ0) is 18.2. The number of rotatable bonds is 7. The summed E-state index contributed by atoms with van der Waals surface area (Å²) < 4.78 is 0. The lowest BCUT2D eigenvalue weighted by Crippen LogP contribution is -2.37. The molecule has 0 heterocycles. The Bertz CT molecular complexity index is 726. The van der Waals surface area contributed by atoms with E-state index >= 15 is 0 Å². The fourth-order valence-electron chi connectivity index (χ4n) is 2.78. The second-order valence-electron chi connectivity index (χ2n) is 6.40. The molecule has 0 saturated heterocycles. The Hall–Kier alpha value is -2.62. The molecule has 2 aromatic carbocycles. The predicted octanol–water partition coefficient (Wildman–Crippen LogP) is 3.72. The normalized spacial score (nSPS) is 10.4. The SMILES string of the molecule is CC(=O)N(CCCc1ccccc1)CC(=O)Nc1ccc(C)cc1C. The first-order valence-electron chi connectivity index (χ1n) is 8.62. The molecule has 2 amide bonds. The summed E-state index contributed by atoms with van der Waals surface area (Å²) in [4.78, 5) is 25.7. The highest BCUT2D eigenvalue weighted by Crippen LogP contribution is 2.16. The highest BCUT2D eigenvalue weighted by Gasteiger charge is 2.14. The van der Waals surface area contributed by atoms with E-state index in [2.05, 4.69) is 17.4 Å². The minimum atomic E-state index is -0.165. The van der Waals surface area contributed by atoms with Crippen molar-refractivity contribution in [2.75, 3.05) is 18.4 Å². The van der Waals surface area contributed by atoms with Gasteiger partial charge in [0.05, 0.1) is 6.54 Å². The first-order chi connectivity index (χ1) is 12.0. The van der Waals surface area contributed by atoms with Crippen LogP contribution in [0, 0.1) is 13.8 Å². The zero-order valence-electron chi connectivity index (χ0n) is 15.2. The Morgan fingerprint density at radius 3 is 2.40 bits per heavy atom. The minimum absolute atomic E-state index is 0.0798. The Balaban J connectivity index is 1.87. The van der Waals surface area contributed by atoms with Gasteiger partial charge in [-0.25, -0.2) is 0 Å². The van der Waals surface area contributed by atoms with Crippen LogP contribution >= 0.6 is 0 Å². The van der Waals surface area contributed by atoms with Gasteiger partial charge in [-0.1, -0.05) is 48.0 Å². The van der Waals surface area contributed by atoms with Gasteiger partial charge in [-0.05, 0) is 43.9 Å². The highest BCUT2D eigenvalue weighted by atomic mass is 16.2. The molecule has 0 aromatic heterocycles. The van der Waals surface area contributed by atoms with Crippen molar-refractivity contribution in [1.82, 2.24) is 4.90 Å². The number of benzene rings is 2. The van der Waals surface area contributed by atoms with Crippen LogP contribution in [-0.2, 0) is 16.0 Å². The van der Waals surface area contributed by atoms with Crippen LogP contribution in [0.2, 0.25) is 0 Å². The maximum Gasteiger partial charge on any atom is 0.244 e. The summed E-state index contributed by atoms with van der Waals surface area (Å²) in [6.07, 6.45) is 1.73. The van der Waals surface area contributed by atoms with Gasteiger partial charge in [-0.3, -0.25) is 9.59 Å². The maximum atomic E-state index is 12.3. The summed E-state index contributed by atoms with van der Waals surface area (Å²) in [7, 11) is 0. The molecule has 0 unspecified atom stereocenters. The lowest BCUT2D eigenvalue weighted by atomic mass is 10.1. The molecule has 132 valence electrons. The van der Waals surface area contributed by atoms with E-state index in [1.807, 2.05) is 50.2 Å². The molecule has 0 aliphatic carbocycles. The standard InChI is InChI=1S/C21H26N2O2/c1-16-11-12-20(17(2)14-16)22-21(25)15-23(18(3)24)13-7-10-19-8-5-4-6-9-19/h4-6,8-9,11-12,14H,7,10,13,15H2,1-3H3,(H,22,25). The van der Waals surface area contributed by atoms with E-state index in [1.165, 1.54) is 12.5 Å². The summed E-state index contributed by atoms with van der Waals surface area (Å²) in [6, 6.07) is 16.0. The number of nitrogens with zero attached hydrogens (tertiary/aromatic N) is 1. The van der Waals surface area contributed by atoms with Crippen LogP contribution in [-0.4, -0.2) is 29.8 Å². The van der Waals surface area contributed by atoms with Crippen LogP contribution in [0.3, 0.4) is 0 Å². The Morgan fingerprint density at radius 1 is 1.04 bits per heavy atom. The van der Waals surface area contributed by atoms with Gasteiger partial charge in [0, 0.05) is 19.2 Å². The van der Waals surface area contributed by atoms with Gasteiger partial charge in [-0.15, -0.1) is 0 Å². The van der Waals surface area contributed by atoms with E-state index in [1.54, 1.807) is 4.90 Å². The Kier molecular flexibility index (Phi) is 6.75. The second-order valence-corrected chi connectivity index (χ2v) is 6.40. The molecule has 4 nitrogen and oxygen atoms in total. The zero-order valence-corrected chi connectivity index (χ0v) is 15.2. The topological polar surface area (TPSA) is 49.4 Å². The van der Waals surface area contributed by atoms with Crippen LogP contribution in [0.25, 0.3) is 0 Å². The number of aryl methyl sites for hydroxylation is 3. The van der Waals surface area contributed by atoms with Crippen LogP contribution in [0.4, 0.5) is 5.69 Å². The number of carbonyl (C=O) groups is 2. The molecule has 0 spiro atoms. The van der Waals surface area contributed by atoms with Crippen LogP contribution < -0.4 is 5.32 Å². The molecule has 2 aromatic rings. The number of nitrogens with one attached hydrogen (secondary N) is 1. The Labute approximate surface area is 149 Å². The molecule has 0 fully saturated rings. The molecule has 25 heavy (non-hydrogen) atoms. The van der Waals surface area contributed by atoms with E-state index in [4.69, 9.17) is 0 Å². The first kappa shape index (κ1) is 18.7. The van der Waals surface area contributed by atoms with Crippen molar-refractivity contribution in [3.8, 4) is 0 Å². The van der Waals surface area contributed by atoms with E-state index in [-0.39, 0.29) is 18.4 Å². The highest BCUT2D eigenvalue weighted by molar-refractivity contribution is 5.94. The van der Waals surface area contributed by atoms with Crippen molar-refractivity contribution >= 4 is 17.5 Å². The third-order valence-electron chi connectivity index (χ3n) is 4.17. The van der Waals surface area contributed by atoms with Gasteiger partial charge in [-0.2, -0.15) is 0 Å². The van der Waals surface area contributed by atoms with Crippen LogP contribution in [0.1, 0.15) is 30.0 Å². The number of amides is 2. The minimum Gasteiger partial charge on any atom is -0.334 e. The second kappa shape index (κ2) is 9.02. The summed E-state index contributed by atoms with van der Waals surface area (Å²) in [5, 5.41) is 2.90. The summed E-state index contributed by atoms with van der Waals surface area (Å²) in [5.41, 5.74) is 4.21. The van der Waals surface area contributed by atoms with Crippen LogP contribution in [0.5, 0.6) is 0 Å². The number of carbonyl (C=O) groups excluding carboxylic acids is 2. The number of anilines is 1. The first-order valence-corrected chi connectivity index (χ1v) is 8.62. The molecule has 0 aliphatic heterocycles. The molecule has 2 rings (SSSR count). The van der Waals surface area contributed by atoms with Gasteiger partial charge >= 0.3 is 0 Å². The summed E-state index contributed by atoms with van der Waals surface area (Å²) in [5.74, 6) is -0.245. The molecule has 0 atom stereocenters. The molecule has 0 radical (unpaired) electrons. The van der Waals surface area contributed by atoms with E-state index < -0.39 is 0 Å². The van der Waals surface area contributed by atoms with Crippen molar-refractivity contribution in [3.05, 3.63) is 65.2 Å². The molecule has 0 bridgehead atoms. The fourth-order valence-corrected chi connectivity index (χ4v) is 2.78. The molecule has 4 heteroatoms. The molecular weight excluding hydrogens is 312 g/mol. The van der Waals surface area contributed by atoms with E-state index in [0.29, 0.717) is 6.54 Å². The lowest BCUT2D eigenvalue weighted by molar-refractivity contribution is -0.132. The number of hydrogen-bond donors (Lipinski definition) is 1. The van der Waals surface area contributed by atoms with Gasteiger partial charge in [0.25, 0.3) is 0 Å². The fraction of sp³-hybridized carbons (Fsp3) is 0.333. The van der Waals surface area contributed by atoms with Crippen LogP contribution in [0.15, 0.2) is 48.5 Å². The lowest BCUT2D eigenvalue weighted by Gasteiger charge is -2.21. The molecular formula is C21H26N2O2. The smallest absolute Gasteiger partial charge is 0.244 e. The van der Waals surface area contributed by atoms with Crippen molar-refractivity contribution in [2.24, 2.45) is 0 Å². The maximum absolute atomic E-state index is 12.3. The van der Waals surface area contributed by atoms with Crippen molar-refractivity contribution in [2.45, 2.75) is 33.6 Å². The predicted molar refractivity (Wildman–Crippen MR) is 102 cm³/mol. The summed E-state index contributed by atoms with van der Waals surface area (Å²) >= 11 is 0. The Morgan fingerprint density at radius 2 is 1.76 bits per heavy atom. The van der Waals surface area contributed by atoms with E-state index in [0.717, 1.165) is 29.7 Å². The third kappa shape index (κ3) is 6.07. The molecule has 0 aliphatic rings. The number of hydrogen-bond acceptors (Lipinski definition) is 2. The monoisotopic (exact) mass is 338 g/mol. The quantitative estimate of drug-likeness (QED) is 0.836. The van der Waals surface area contributed by atoms with Gasteiger partial charge in [0.1, 0.15) is 0 Å². The van der Waals surface area contributed by atoms with Crippen molar-refractivity contribution in [1.29, 1.82) is 0 Å². The third-order valence-corrected chi connectivity index (χ3v) is 4.17. The van der Waals surface area contributed by atoms with Gasteiger partial charge < -0.3 is 10.2 Å². The van der Waals surface area contributed by atoms with Crippen molar-refractivity contribution < 1.29 is 9.59 Å².